The first-order valence-corrected chi connectivity index (χ1v) is 10.0. The smallest absolute Gasteiger partial charge is 0.254 e. The van der Waals surface area contributed by atoms with Gasteiger partial charge in [-0.15, -0.1) is 0 Å². The molecule has 3 aromatic rings. The van der Waals surface area contributed by atoms with Crippen molar-refractivity contribution >= 4 is 40.3 Å². The maximum atomic E-state index is 12.8. The number of dihydropyridines is 1. The molecule has 30 heavy (non-hydrogen) atoms. The number of hydrogen-bond acceptors (Lipinski definition) is 3. The topological polar surface area (TPSA) is 54.3 Å². The zero-order valence-corrected chi connectivity index (χ0v) is 17.6. The van der Waals surface area contributed by atoms with Gasteiger partial charge in [0.1, 0.15) is 0 Å². The van der Waals surface area contributed by atoms with E-state index in [1.807, 2.05) is 31.4 Å². The van der Waals surface area contributed by atoms with Crippen LogP contribution in [0.4, 0.5) is 0 Å². The SMILES string of the molecule is CN(CC1=CC(c2cc3ccc(Cl)cc3n2C)=CNC1)C(=O)c1ccccc1C=O. The Morgan fingerprint density at radius 1 is 1.23 bits per heavy atom. The van der Waals surface area contributed by atoms with Crippen LogP contribution < -0.4 is 5.32 Å². The molecule has 2 heterocycles. The predicted molar refractivity (Wildman–Crippen MR) is 121 cm³/mol. The van der Waals surface area contributed by atoms with Gasteiger partial charge in [0.25, 0.3) is 5.91 Å². The van der Waals surface area contributed by atoms with Gasteiger partial charge in [-0.2, -0.15) is 0 Å². The lowest BCUT2D eigenvalue weighted by molar-refractivity contribution is 0.0803. The first-order valence-electron chi connectivity index (χ1n) is 9.66. The second-order valence-corrected chi connectivity index (χ2v) is 7.88. The third kappa shape index (κ3) is 3.76. The molecule has 0 saturated carbocycles. The van der Waals surface area contributed by atoms with E-state index in [1.165, 1.54) is 0 Å². The Balaban J connectivity index is 1.58. The second kappa shape index (κ2) is 8.20. The van der Waals surface area contributed by atoms with E-state index in [9.17, 15) is 9.59 Å². The lowest BCUT2D eigenvalue weighted by Gasteiger charge is -2.23. The highest BCUT2D eigenvalue weighted by Gasteiger charge is 2.18. The van der Waals surface area contributed by atoms with Crippen molar-refractivity contribution in [1.29, 1.82) is 0 Å². The Morgan fingerprint density at radius 2 is 2.03 bits per heavy atom. The molecule has 1 aliphatic rings. The highest BCUT2D eigenvalue weighted by atomic mass is 35.5. The molecule has 152 valence electrons. The first kappa shape index (κ1) is 20.0. The number of likely N-dealkylation sites (N-methyl/N-ethyl adjacent to an activating group) is 1. The third-order valence-electron chi connectivity index (χ3n) is 5.35. The molecule has 6 heteroatoms. The zero-order valence-electron chi connectivity index (χ0n) is 16.9. The predicted octanol–water partition coefficient (Wildman–Crippen LogP) is 4.29. The number of halogens is 1. The fourth-order valence-corrected chi connectivity index (χ4v) is 3.98. The molecule has 0 aliphatic carbocycles. The summed E-state index contributed by atoms with van der Waals surface area (Å²) in [6.07, 6.45) is 4.82. The number of aldehydes is 1. The van der Waals surface area contributed by atoms with Crippen LogP contribution in [0.15, 0.2) is 66.4 Å². The van der Waals surface area contributed by atoms with Crippen LogP contribution >= 0.6 is 11.6 Å². The van der Waals surface area contributed by atoms with Gasteiger partial charge in [0.2, 0.25) is 0 Å². The fraction of sp³-hybridized carbons (Fsp3) is 0.167. The van der Waals surface area contributed by atoms with Gasteiger partial charge in [-0.25, -0.2) is 0 Å². The van der Waals surface area contributed by atoms with E-state index in [4.69, 9.17) is 11.6 Å². The number of aromatic nitrogens is 1. The Bertz CT molecular complexity index is 1210. The summed E-state index contributed by atoms with van der Waals surface area (Å²) in [5, 5.41) is 5.14. The van der Waals surface area contributed by atoms with E-state index in [1.54, 1.807) is 36.2 Å². The quantitative estimate of drug-likeness (QED) is 0.628. The number of rotatable bonds is 5. The standard InChI is InChI=1S/C24H22ClN3O2/c1-27(24(30)21-6-4-3-5-18(21)15-29)14-16-9-19(13-26-12-16)22-10-17-7-8-20(25)11-23(17)28(22)2/h3-11,13,15,26H,12,14H2,1-2H3. The highest BCUT2D eigenvalue weighted by molar-refractivity contribution is 6.31. The summed E-state index contributed by atoms with van der Waals surface area (Å²) in [4.78, 5) is 25.7. The minimum atomic E-state index is -0.172. The number of aryl methyl sites for hydroxylation is 1. The number of benzene rings is 2. The number of hydrogen-bond donors (Lipinski definition) is 1. The maximum Gasteiger partial charge on any atom is 0.254 e. The van der Waals surface area contributed by atoms with Crippen LogP contribution in [0.1, 0.15) is 26.4 Å². The van der Waals surface area contributed by atoms with E-state index in [0.717, 1.165) is 34.0 Å². The van der Waals surface area contributed by atoms with Crippen LogP contribution in [-0.4, -0.2) is 41.8 Å². The summed E-state index contributed by atoms with van der Waals surface area (Å²) in [6, 6.07) is 14.8. The summed E-state index contributed by atoms with van der Waals surface area (Å²) in [7, 11) is 3.77. The second-order valence-electron chi connectivity index (χ2n) is 7.44. The molecule has 4 rings (SSSR count). The van der Waals surface area contributed by atoms with Crippen LogP contribution in [-0.2, 0) is 7.05 Å². The number of nitrogens with one attached hydrogen (secondary N) is 1. The van der Waals surface area contributed by atoms with Gasteiger partial charge in [0.05, 0.1) is 11.3 Å². The Labute approximate surface area is 180 Å². The Hall–Kier alpha value is -3.31. The van der Waals surface area contributed by atoms with Crippen molar-refractivity contribution in [3.8, 4) is 0 Å². The average molecular weight is 420 g/mol. The van der Waals surface area contributed by atoms with Crippen molar-refractivity contribution in [1.82, 2.24) is 14.8 Å². The highest BCUT2D eigenvalue weighted by Crippen LogP contribution is 2.28. The van der Waals surface area contributed by atoms with E-state index in [0.29, 0.717) is 29.2 Å². The number of carbonyl (C=O) groups excluding carboxylic acids is 2. The van der Waals surface area contributed by atoms with E-state index >= 15 is 0 Å². The molecule has 0 radical (unpaired) electrons. The molecule has 1 aromatic heterocycles. The van der Waals surface area contributed by atoms with E-state index in [-0.39, 0.29) is 5.91 Å². The maximum absolute atomic E-state index is 12.8. The number of amides is 1. The molecule has 0 bridgehead atoms. The van der Waals surface area contributed by atoms with Gasteiger partial charge in [0.15, 0.2) is 6.29 Å². The molecule has 1 amide bonds. The van der Waals surface area contributed by atoms with Gasteiger partial charge >= 0.3 is 0 Å². The number of nitrogens with zero attached hydrogens (tertiary/aromatic N) is 2. The summed E-state index contributed by atoms with van der Waals surface area (Å²) in [5.74, 6) is -0.172. The molecule has 0 fully saturated rings. The normalized spacial score (nSPS) is 13.4. The summed E-state index contributed by atoms with van der Waals surface area (Å²) in [5.41, 5.74) is 5.07. The molecule has 2 aromatic carbocycles. The van der Waals surface area contributed by atoms with Crippen LogP contribution in [0, 0.1) is 0 Å². The van der Waals surface area contributed by atoms with Crippen molar-refractivity contribution in [2.24, 2.45) is 7.05 Å². The van der Waals surface area contributed by atoms with Gasteiger partial charge in [-0.05, 0) is 35.9 Å². The Morgan fingerprint density at radius 3 is 2.83 bits per heavy atom. The number of carbonyl (C=O) groups is 2. The van der Waals surface area contributed by atoms with Crippen molar-refractivity contribution in [2.75, 3.05) is 20.1 Å². The first-order chi connectivity index (χ1) is 14.5. The lowest BCUT2D eigenvalue weighted by Crippen LogP contribution is -2.32. The minimum absolute atomic E-state index is 0.172. The monoisotopic (exact) mass is 419 g/mol. The Kier molecular flexibility index (Phi) is 5.46. The summed E-state index contributed by atoms with van der Waals surface area (Å²) in [6.45, 7) is 1.12. The van der Waals surface area contributed by atoms with Gasteiger partial charge in [-0.3, -0.25) is 9.59 Å². The van der Waals surface area contributed by atoms with Crippen LogP contribution in [0.3, 0.4) is 0 Å². The molecule has 0 saturated heterocycles. The summed E-state index contributed by atoms with van der Waals surface area (Å²) >= 11 is 6.16. The van der Waals surface area contributed by atoms with Gasteiger partial charge < -0.3 is 14.8 Å². The number of allylic oxidation sites excluding steroid dienone is 2. The number of fused-ring (bicyclic) bond motifs is 1. The average Bonchev–Trinajstić information content (AvgIpc) is 3.09. The van der Waals surface area contributed by atoms with Crippen LogP contribution in [0.5, 0.6) is 0 Å². The fourth-order valence-electron chi connectivity index (χ4n) is 3.81. The van der Waals surface area contributed by atoms with E-state index in [2.05, 4.69) is 22.0 Å². The molecule has 1 N–H and O–H groups in total. The van der Waals surface area contributed by atoms with Crippen LogP contribution in [0.25, 0.3) is 16.5 Å². The van der Waals surface area contributed by atoms with Crippen molar-refractivity contribution in [2.45, 2.75) is 0 Å². The zero-order chi connectivity index (χ0) is 21.3. The molecule has 0 unspecified atom stereocenters. The molecule has 0 atom stereocenters. The minimum Gasteiger partial charge on any atom is -0.387 e. The largest absolute Gasteiger partial charge is 0.387 e. The molecule has 5 nitrogen and oxygen atoms in total. The summed E-state index contributed by atoms with van der Waals surface area (Å²) < 4.78 is 2.11. The molecular weight excluding hydrogens is 398 g/mol. The lowest BCUT2D eigenvalue weighted by atomic mass is 10.0. The van der Waals surface area contributed by atoms with E-state index < -0.39 is 0 Å². The molecule has 1 aliphatic heterocycles. The van der Waals surface area contributed by atoms with Gasteiger partial charge in [0, 0.05) is 60.4 Å². The van der Waals surface area contributed by atoms with Crippen molar-refractivity contribution < 1.29 is 9.59 Å². The molecule has 0 spiro atoms. The van der Waals surface area contributed by atoms with Gasteiger partial charge in [-0.1, -0.05) is 35.9 Å². The molecular formula is C24H22ClN3O2. The van der Waals surface area contributed by atoms with Crippen molar-refractivity contribution in [3.63, 3.8) is 0 Å². The van der Waals surface area contributed by atoms with Crippen LogP contribution in [0.2, 0.25) is 5.02 Å². The van der Waals surface area contributed by atoms with Crippen molar-refractivity contribution in [3.05, 3.63) is 88.2 Å². The third-order valence-corrected chi connectivity index (χ3v) is 5.59.